The second kappa shape index (κ2) is 9.12. The first-order chi connectivity index (χ1) is 12.7. The maximum absolute atomic E-state index is 12.4. The van der Waals surface area contributed by atoms with Crippen LogP contribution in [0.3, 0.4) is 0 Å². The van der Waals surface area contributed by atoms with Crippen LogP contribution in [0, 0.1) is 5.92 Å². The lowest BCUT2D eigenvalue weighted by molar-refractivity contribution is 0.110. The summed E-state index contributed by atoms with van der Waals surface area (Å²) in [5.74, 6) is 2.28. The standard InChI is InChI=1S/C20H31N3O3/c1-3-22-11-8-16(15-22)14-21-20(24)23-12-9-19(10-13-23)26-18-6-4-17(25-2)5-7-18/h4-7,16,19H,3,8-15H2,1-2H3,(H,21,24). The van der Waals surface area contributed by atoms with Gasteiger partial charge in [-0.05, 0) is 49.7 Å². The molecule has 2 fully saturated rings. The minimum Gasteiger partial charge on any atom is -0.497 e. The summed E-state index contributed by atoms with van der Waals surface area (Å²) < 4.78 is 11.2. The number of nitrogens with zero attached hydrogens (tertiary/aromatic N) is 2. The molecule has 0 bridgehead atoms. The van der Waals surface area contributed by atoms with E-state index in [0.29, 0.717) is 5.92 Å². The number of amides is 2. The quantitative estimate of drug-likeness (QED) is 0.846. The molecule has 6 heteroatoms. The third-order valence-corrected chi connectivity index (χ3v) is 5.45. The summed E-state index contributed by atoms with van der Waals surface area (Å²) in [6.07, 6.45) is 3.09. The molecule has 1 unspecified atom stereocenters. The molecule has 2 aliphatic rings. The monoisotopic (exact) mass is 361 g/mol. The zero-order chi connectivity index (χ0) is 18.4. The van der Waals surface area contributed by atoms with Crippen molar-refractivity contribution in [3.63, 3.8) is 0 Å². The number of piperidine rings is 1. The fraction of sp³-hybridized carbons (Fsp3) is 0.650. The van der Waals surface area contributed by atoms with Crippen molar-refractivity contribution in [2.75, 3.05) is 46.4 Å². The van der Waals surface area contributed by atoms with Crippen molar-refractivity contribution >= 4 is 6.03 Å². The van der Waals surface area contributed by atoms with Gasteiger partial charge in [0, 0.05) is 39.0 Å². The van der Waals surface area contributed by atoms with E-state index in [-0.39, 0.29) is 12.1 Å². The largest absolute Gasteiger partial charge is 0.497 e. The summed E-state index contributed by atoms with van der Waals surface area (Å²) in [4.78, 5) is 16.7. The van der Waals surface area contributed by atoms with Crippen LogP contribution in [0.25, 0.3) is 0 Å². The topological polar surface area (TPSA) is 54.0 Å². The molecular formula is C20H31N3O3. The van der Waals surface area contributed by atoms with Gasteiger partial charge in [0.2, 0.25) is 0 Å². The number of likely N-dealkylation sites (tertiary alicyclic amines) is 2. The third kappa shape index (κ3) is 5.04. The average Bonchev–Trinajstić information content (AvgIpc) is 3.15. The normalized spacial score (nSPS) is 21.6. The number of ether oxygens (including phenoxy) is 2. The molecule has 2 saturated heterocycles. The first kappa shape index (κ1) is 18.8. The molecule has 0 aromatic heterocycles. The van der Waals surface area contributed by atoms with Crippen molar-refractivity contribution in [2.45, 2.75) is 32.3 Å². The lowest BCUT2D eigenvalue weighted by Crippen LogP contribution is -2.47. The maximum atomic E-state index is 12.4. The number of carbonyl (C=O) groups excluding carboxylic acids is 1. The number of benzene rings is 1. The predicted molar refractivity (Wildman–Crippen MR) is 102 cm³/mol. The molecule has 3 rings (SSSR count). The molecule has 6 nitrogen and oxygen atoms in total. The fourth-order valence-electron chi connectivity index (χ4n) is 3.73. The van der Waals surface area contributed by atoms with Crippen molar-refractivity contribution in [2.24, 2.45) is 5.92 Å². The Kier molecular flexibility index (Phi) is 6.61. The van der Waals surface area contributed by atoms with Crippen molar-refractivity contribution in [1.82, 2.24) is 15.1 Å². The van der Waals surface area contributed by atoms with E-state index in [1.807, 2.05) is 29.2 Å². The zero-order valence-corrected chi connectivity index (χ0v) is 15.9. The number of rotatable bonds is 6. The molecule has 1 aromatic carbocycles. The molecule has 2 heterocycles. The number of methoxy groups -OCH3 is 1. The molecule has 26 heavy (non-hydrogen) atoms. The maximum Gasteiger partial charge on any atom is 0.317 e. The molecular weight excluding hydrogens is 330 g/mol. The van der Waals surface area contributed by atoms with Gasteiger partial charge in [-0.15, -0.1) is 0 Å². The number of nitrogens with one attached hydrogen (secondary N) is 1. The van der Waals surface area contributed by atoms with E-state index in [9.17, 15) is 4.79 Å². The molecule has 144 valence electrons. The Hall–Kier alpha value is -1.95. The van der Waals surface area contributed by atoms with Gasteiger partial charge in [0.15, 0.2) is 0 Å². The minimum atomic E-state index is 0.0721. The van der Waals surface area contributed by atoms with Gasteiger partial charge >= 0.3 is 6.03 Å². The Morgan fingerprint density at radius 1 is 1.12 bits per heavy atom. The average molecular weight is 361 g/mol. The highest BCUT2D eigenvalue weighted by Crippen LogP contribution is 2.22. The Labute approximate surface area is 156 Å². The van der Waals surface area contributed by atoms with Crippen molar-refractivity contribution < 1.29 is 14.3 Å². The van der Waals surface area contributed by atoms with Crippen LogP contribution in [0.4, 0.5) is 4.79 Å². The third-order valence-electron chi connectivity index (χ3n) is 5.45. The Morgan fingerprint density at radius 3 is 2.42 bits per heavy atom. The Balaban J connectivity index is 1.36. The molecule has 0 saturated carbocycles. The highest BCUT2D eigenvalue weighted by Gasteiger charge is 2.26. The molecule has 2 aliphatic heterocycles. The SMILES string of the molecule is CCN1CCC(CNC(=O)N2CCC(Oc3ccc(OC)cc3)CC2)C1. The second-order valence-electron chi connectivity index (χ2n) is 7.21. The Morgan fingerprint density at radius 2 is 1.81 bits per heavy atom. The van der Waals surface area contributed by atoms with Crippen molar-refractivity contribution in [3.8, 4) is 11.5 Å². The lowest BCUT2D eigenvalue weighted by Gasteiger charge is -2.32. The van der Waals surface area contributed by atoms with Gasteiger partial charge in [-0.25, -0.2) is 4.79 Å². The predicted octanol–water partition coefficient (Wildman–Crippen LogP) is 2.59. The number of carbonyl (C=O) groups is 1. The van der Waals surface area contributed by atoms with E-state index < -0.39 is 0 Å². The van der Waals surface area contributed by atoms with Gasteiger partial charge in [-0.3, -0.25) is 0 Å². The van der Waals surface area contributed by atoms with E-state index >= 15 is 0 Å². The van der Waals surface area contributed by atoms with Crippen LogP contribution < -0.4 is 14.8 Å². The van der Waals surface area contributed by atoms with Gasteiger partial charge in [0.05, 0.1) is 7.11 Å². The van der Waals surface area contributed by atoms with Crippen molar-refractivity contribution in [1.29, 1.82) is 0 Å². The van der Waals surface area contributed by atoms with E-state index in [0.717, 1.165) is 63.6 Å². The minimum absolute atomic E-state index is 0.0721. The highest BCUT2D eigenvalue weighted by atomic mass is 16.5. The summed E-state index contributed by atoms with van der Waals surface area (Å²) in [5, 5.41) is 3.12. The number of urea groups is 1. The summed E-state index contributed by atoms with van der Waals surface area (Å²) >= 11 is 0. The van der Waals surface area contributed by atoms with Crippen molar-refractivity contribution in [3.05, 3.63) is 24.3 Å². The Bertz CT molecular complexity index is 570. The summed E-state index contributed by atoms with van der Waals surface area (Å²) in [6.45, 7) is 7.85. The molecule has 0 spiro atoms. The van der Waals surface area contributed by atoms with Crippen LogP contribution >= 0.6 is 0 Å². The van der Waals surface area contributed by atoms with E-state index in [2.05, 4.69) is 17.1 Å². The van der Waals surface area contributed by atoms with Gasteiger partial charge in [-0.2, -0.15) is 0 Å². The van der Waals surface area contributed by atoms with Crippen LogP contribution in [-0.2, 0) is 0 Å². The summed E-state index contributed by atoms with van der Waals surface area (Å²) in [5.41, 5.74) is 0. The van der Waals surface area contributed by atoms with Gasteiger partial charge in [0.1, 0.15) is 17.6 Å². The van der Waals surface area contributed by atoms with Crippen LogP contribution in [0.15, 0.2) is 24.3 Å². The van der Waals surface area contributed by atoms with E-state index in [4.69, 9.17) is 9.47 Å². The van der Waals surface area contributed by atoms with Crippen LogP contribution in [0.2, 0.25) is 0 Å². The first-order valence-electron chi connectivity index (χ1n) is 9.73. The summed E-state index contributed by atoms with van der Waals surface area (Å²) in [7, 11) is 1.66. The van der Waals surface area contributed by atoms with Crippen LogP contribution in [0.5, 0.6) is 11.5 Å². The molecule has 1 N–H and O–H groups in total. The molecule has 0 radical (unpaired) electrons. The summed E-state index contributed by atoms with van der Waals surface area (Å²) in [6, 6.07) is 7.74. The number of hydrogen-bond acceptors (Lipinski definition) is 4. The second-order valence-corrected chi connectivity index (χ2v) is 7.21. The molecule has 0 aliphatic carbocycles. The number of hydrogen-bond donors (Lipinski definition) is 1. The highest BCUT2D eigenvalue weighted by molar-refractivity contribution is 5.74. The smallest absolute Gasteiger partial charge is 0.317 e. The fourth-order valence-corrected chi connectivity index (χ4v) is 3.73. The lowest BCUT2D eigenvalue weighted by atomic mass is 10.1. The van der Waals surface area contributed by atoms with Crippen LogP contribution in [0.1, 0.15) is 26.2 Å². The zero-order valence-electron chi connectivity index (χ0n) is 15.9. The van der Waals surface area contributed by atoms with Gasteiger partial charge in [-0.1, -0.05) is 6.92 Å². The van der Waals surface area contributed by atoms with Gasteiger partial charge in [0.25, 0.3) is 0 Å². The molecule has 1 aromatic rings. The van der Waals surface area contributed by atoms with E-state index in [1.54, 1.807) is 7.11 Å². The molecule has 2 amide bonds. The van der Waals surface area contributed by atoms with E-state index in [1.165, 1.54) is 6.42 Å². The first-order valence-corrected chi connectivity index (χ1v) is 9.73. The van der Waals surface area contributed by atoms with Gasteiger partial charge < -0.3 is 24.6 Å². The van der Waals surface area contributed by atoms with Crippen LogP contribution in [-0.4, -0.2) is 68.3 Å². The molecule has 1 atom stereocenters.